The van der Waals surface area contributed by atoms with E-state index in [0.717, 1.165) is 16.9 Å². The molecule has 0 aliphatic carbocycles. The summed E-state index contributed by atoms with van der Waals surface area (Å²) in [6.45, 7) is 1.45. The molecule has 0 saturated heterocycles. The van der Waals surface area contributed by atoms with Crippen molar-refractivity contribution in [2.75, 3.05) is 5.32 Å². The Morgan fingerprint density at radius 1 is 1.15 bits per heavy atom. The molecule has 0 spiro atoms. The summed E-state index contributed by atoms with van der Waals surface area (Å²) in [7, 11) is 0. The largest absolute Gasteiger partial charge is 0.302 e. The average molecular weight is 389 g/mol. The van der Waals surface area contributed by atoms with Crippen molar-refractivity contribution in [1.82, 2.24) is 4.98 Å². The Balaban J connectivity index is 1.84. The molecule has 3 aromatic rings. The molecule has 0 unspecified atom stereocenters. The molecular formula is C19H14ClFN2O2S. The van der Waals surface area contributed by atoms with Crippen molar-refractivity contribution in [3.05, 3.63) is 69.8 Å². The molecule has 3 rings (SSSR count). The zero-order valence-electron chi connectivity index (χ0n) is 13.8. The third-order valence-electron chi connectivity index (χ3n) is 3.64. The van der Waals surface area contributed by atoms with Crippen molar-refractivity contribution in [3.8, 4) is 11.3 Å². The van der Waals surface area contributed by atoms with Crippen LogP contribution in [0, 0.1) is 5.82 Å². The van der Waals surface area contributed by atoms with E-state index in [2.05, 4.69) is 10.3 Å². The van der Waals surface area contributed by atoms with Crippen molar-refractivity contribution in [1.29, 1.82) is 0 Å². The minimum atomic E-state index is -0.541. The summed E-state index contributed by atoms with van der Waals surface area (Å²) >= 11 is 7.04. The van der Waals surface area contributed by atoms with Gasteiger partial charge in [0.1, 0.15) is 5.82 Å². The minimum Gasteiger partial charge on any atom is -0.302 e. The number of thiazole rings is 1. The monoisotopic (exact) mass is 388 g/mol. The van der Waals surface area contributed by atoms with Crippen LogP contribution < -0.4 is 5.32 Å². The maximum absolute atomic E-state index is 13.8. The number of hydrogen-bond donors (Lipinski definition) is 1. The Morgan fingerprint density at radius 2 is 1.88 bits per heavy atom. The molecule has 0 fully saturated rings. The number of hydrogen-bond acceptors (Lipinski definition) is 4. The number of aromatic nitrogens is 1. The summed E-state index contributed by atoms with van der Waals surface area (Å²) in [5.41, 5.74) is 1.42. The molecule has 1 heterocycles. The fourth-order valence-corrected chi connectivity index (χ4v) is 3.56. The predicted octanol–water partition coefficient (Wildman–Crippen LogP) is 4.99. The highest BCUT2D eigenvalue weighted by Crippen LogP contribution is 2.31. The number of rotatable bonds is 5. The fourth-order valence-electron chi connectivity index (χ4n) is 2.43. The van der Waals surface area contributed by atoms with Gasteiger partial charge in [0.25, 0.3) is 0 Å². The molecule has 4 nitrogen and oxygen atoms in total. The van der Waals surface area contributed by atoms with Crippen LogP contribution in [0.2, 0.25) is 5.02 Å². The van der Waals surface area contributed by atoms with Crippen molar-refractivity contribution in [2.45, 2.75) is 13.3 Å². The number of benzene rings is 2. The normalized spacial score (nSPS) is 10.6. The highest BCUT2D eigenvalue weighted by atomic mass is 35.5. The average Bonchev–Trinajstić information content (AvgIpc) is 3.03. The smallest absolute Gasteiger partial charge is 0.230 e. The van der Waals surface area contributed by atoms with Crippen LogP contribution in [-0.2, 0) is 11.2 Å². The highest BCUT2D eigenvalue weighted by Gasteiger charge is 2.19. The van der Waals surface area contributed by atoms with Gasteiger partial charge in [0, 0.05) is 23.1 Å². The van der Waals surface area contributed by atoms with Gasteiger partial charge in [0.15, 0.2) is 10.9 Å². The number of nitrogens with one attached hydrogen (secondary N) is 1. The lowest BCUT2D eigenvalue weighted by Gasteiger charge is -2.05. The lowest BCUT2D eigenvalue weighted by atomic mass is 10.1. The zero-order valence-corrected chi connectivity index (χ0v) is 15.3. The molecule has 0 aliphatic heterocycles. The topological polar surface area (TPSA) is 59.1 Å². The molecule has 1 amide bonds. The number of Topliss-reactive ketones (excluding diaryl/α,β-unsaturated/α-hetero) is 1. The molecule has 7 heteroatoms. The maximum atomic E-state index is 13.8. The first kappa shape index (κ1) is 18.2. The second-order valence-corrected chi connectivity index (χ2v) is 6.95. The molecule has 26 heavy (non-hydrogen) atoms. The van der Waals surface area contributed by atoms with Crippen molar-refractivity contribution in [2.24, 2.45) is 0 Å². The Morgan fingerprint density at radius 3 is 2.54 bits per heavy atom. The second-order valence-electron chi connectivity index (χ2n) is 5.54. The van der Waals surface area contributed by atoms with Gasteiger partial charge >= 0.3 is 0 Å². The van der Waals surface area contributed by atoms with Crippen LogP contribution >= 0.6 is 22.9 Å². The predicted molar refractivity (Wildman–Crippen MR) is 101 cm³/mol. The number of carbonyl (C=O) groups excluding carboxylic acids is 2. The summed E-state index contributed by atoms with van der Waals surface area (Å²) in [5.74, 6) is -1.14. The van der Waals surface area contributed by atoms with Crippen molar-refractivity contribution in [3.63, 3.8) is 0 Å². The SMILES string of the molecule is CC(=O)c1sc(NC(=O)Cc2c(F)cccc2Cl)nc1-c1ccccc1. The van der Waals surface area contributed by atoms with Crippen LogP contribution in [0.3, 0.4) is 0 Å². The molecule has 0 saturated carbocycles. The van der Waals surface area contributed by atoms with E-state index in [1.54, 1.807) is 0 Å². The molecule has 2 aromatic carbocycles. The number of amides is 1. The zero-order chi connectivity index (χ0) is 18.7. The van der Waals surface area contributed by atoms with Gasteiger partial charge < -0.3 is 5.32 Å². The molecule has 0 aliphatic rings. The van der Waals surface area contributed by atoms with E-state index >= 15 is 0 Å². The Labute approximate surface area is 158 Å². The van der Waals surface area contributed by atoms with Gasteiger partial charge in [-0.1, -0.05) is 59.3 Å². The fraction of sp³-hybridized carbons (Fsp3) is 0.105. The van der Waals surface area contributed by atoms with E-state index in [-0.39, 0.29) is 27.9 Å². The van der Waals surface area contributed by atoms with Gasteiger partial charge in [-0.25, -0.2) is 9.37 Å². The molecule has 1 N–H and O–H groups in total. The first-order valence-electron chi connectivity index (χ1n) is 7.75. The van der Waals surface area contributed by atoms with Gasteiger partial charge in [-0.15, -0.1) is 0 Å². The molecular weight excluding hydrogens is 375 g/mol. The van der Waals surface area contributed by atoms with Crippen LogP contribution in [0.4, 0.5) is 9.52 Å². The lowest BCUT2D eigenvalue weighted by molar-refractivity contribution is -0.115. The summed E-state index contributed by atoms with van der Waals surface area (Å²) in [6.07, 6.45) is -0.221. The van der Waals surface area contributed by atoms with Crippen LogP contribution in [0.1, 0.15) is 22.2 Å². The van der Waals surface area contributed by atoms with Crippen molar-refractivity contribution >= 4 is 39.8 Å². The van der Waals surface area contributed by atoms with Crippen LogP contribution in [-0.4, -0.2) is 16.7 Å². The number of ketones is 1. The third kappa shape index (κ3) is 3.98. The molecule has 132 valence electrons. The summed E-state index contributed by atoms with van der Waals surface area (Å²) in [4.78, 5) is 29.0. The van der Waals surface area contributed by atoms with E-state index in [9.17, 15) is 14.0 Å². The standard InChI is InChI=1S/C19H14ClFN2O2S/c1-11(24)18-17(12-6-3-2-4-7-12)23-19(26-18)22-16(25)10-13-14(20)8-5-9-15(13)21/h2-9H,10H2,1H3,(H,22,23,25). The molecule has 0 atom stereocenters. The number of carbonyl (C=O) groups is 2. The summed E-state index contributed by atoms with van der Waals surface area (Å²) in [5, 5.41) is 3.09. The van der Waals surface area contributed by atoms with E-state index in [4.69, 9.17) is 11.6 Å². The third-order valence-corrected chi connectivity index (χ3v) is 5.07. The first-order valence-corrected chi connectivity index (χ1v) is 8.95. The number of anilines is 1. The van der Waals surface area contributed by atoms with Crippen LogP contribution in [0.25, 0.3) is 11.3 Å². The molecule has 0 bridgehead atoms. The van der Waals surface area contributed by atoms with Crippen molar-refractivity contribution < 1.29 is 14.0 Å². The summed E-state index contributed by atoms with van der Waals surface area (Å²) < 4.78 is 13.8. The molecule has 1 aromatic heterocycles. The van der Waals surface area contributed by atoms with Crippen LogP contribution in [0.5, 0.6) is 0 Å². The number of halogens is 2. The van der Waals surface area contributed by atoms with Gasteiger partial charge in [-0.05, 0) is 12.1 Å². The Kier molecular flexibility index (Phi) is 5.44. The quantitative estimate of drug-likeness (QED) is 0.626. The number of nitrogens with zero attached hydrogens (tertiary/aromatic N) is 1. The second kappa shape index (κ2) is 7.76. The van der Waals surface area contributed by atoms with E-state index in [1.807, 2.05) is 30.3 Å². The minimum absolute atomic E-state index is 0.123. The van der Waals surface area contributed by atoms with E-state index < -0.39 is 11.7 Å². The summed E-state index contributed by atoms with van der Waals surface area (Å²) in [6, 6.07) is 13.5. The van der Waals surface area contributed by atoms with Gasteiger partial charge in [0.05, 0.1) is 17.0 Å². The Hall–Kier alpha value is -2.57. The van der Waals surface area contributed by atoms with Gasteiger partial charge in [-0.2, -0.15) is 0 Å². The first-order chi connectivity index (χ1) is 12.5. The maximum Gasteiger partial charge on any atom is 0.230 e. The molecule has 0 radical (unpaired) electrons. The Bertz CT molecular complexity index is 953. The highest BCUT2D eigenvalue weighted by molar-refractivity contribution is 7.18. The lowest BCUT2D eigenvalue weighted by Crippen LogP contribution is -2.15. The van der Waals surface area contributed by atoms with E-state index in [1.165, 1.54) is 25.1 Å². The van der Waals surface area contributed by atoms with Gasteiger partial charge in [-0.3, -0.25) is 9.59 Å². The van der Waals surface area contributed by atoms with Crippen LogP contribution in [0.15, 0.2) is 48.5 Å². The van der Waals surface area contributed by atoms with E-state index in [0.29, 0.717) is 10.6 Å². The van der Waals surface area contributed by atoms with Gasteiger partial charge in [0.2, 0.25) is 5.91 Å².